The van der Waals surface area contributed by atoms with Crippen LogP contribution >= 0.6 is 0 Å². The highest BCUT2D eigenvalue weighted by atomic mass is 16.1. The molecule has 29 heavy (non-hydrogen) atoms. The molecular weight excluding hydrogens is 354 g/mol. The molecule has 2 heteroatoms. The lowest BCUT2D eigenvalue weighted by Gasteiger charge is -2.50. The molecule has 0 saturated heterocycles. The van der Waals surface area contributed by atoms with E-state index in [1.165, 1.54) is 27.8 Å². The second-order valence-electron chi connectivity index (χ2n) is 8.55. The van der Waals surface area contributed by atoms with Crippen molar-refractivity contribution in [3.63, 3.8) is 0 Å². The van der Waals surface area contributed by atoms with E-state index in [4.69, 9.17) is 0 Å². The van der Waals surface area contributed by atoms with Crippen molar-refractivity contribution in [1.82, 2.24) is 0 Å². The van der Waals surface area contributed by atoms with Crippen LogP contribution in [0.3, 0.4) is 0 Å². The molecule has 0 fully saturated rings. The first-order valence-electron chi connectivity index (χ1n) is 10.7. The molecule has 0 aliphatic heterocycles. The van der Waals surface area contributed by atoms with Gasteiger partial charge in [0.1, 0.15) is 0 Å². The summed E-state index contributed by atoms with van der Waals surface area (Å²) in [6.07, 6.45) is 0.995. The van der Waals surface area contributed by atoms with Gasteiger partial charge >= 0.3 is 0 Å². The van der Waals surface area contributed by atoms with E-state index >= 15 is 0 Å². The third-order valence-electron chi connectivity index (χ3n) is 7.22. The van der Waals surface area contributed by atoms with Crippen molar-refractivity contribution in [3.8, 4) is 0 Å². The predicted octanol–water partition coefficient (Wildman–Crippen LogP) is 6.18. The van der Waals surface area contributed by atoms with Gasteiger partial charge in [0, 0.05) is 17.5 Å². The molecule has 0 radical (unpaired) electrons. The molecule has 3 aromatic rings. The number of benzene rings is 3. The van der Waals surface area contributed by atoms with E-state index in [-0.39, 0.29) is 17.7 Å². The van der Waals surface area contributed by atoms with E-state index in [0.717, 1.165) is 17.7 Å². The zero-order valence-corrected chi connectivity index (χ0v) is 17.3. The monoisotopic (exact) mass is 381 g/mol. The minimum Gasteiger partial charge on any atom is -0.326 e. The second-order valence-corrected chi connectivity index (χ2v) is 8.55. The molecule has 3 aliphatic rings. The lowest BCUT2D eigenvalue weighted by molar-refractivity contribution is -0.122. The SMILES string of the molecule is CC[C@@H]1C2c3ccccc3C(c3ccccc32)[C@H]1C(=O)Nc1cccc(C)c1C. The molecule has 0 saturated carbocycles. The smallest absolute Gasteiger partial charge is 0.228 e. The molecule has 3 aliphatic carbocycles. The van der Waals surface area contributed by atoms with Gasteiger partial charge in [0.2, 0.25) is 5.91 Å². The zero-order chi connectivity index (χ0) is 20.1. The van der Waals surface area contributed by atoms with Gasteiger partial charge in [-0.3, -0.25) is 4.79 Å². The van der Waals surface area contributed by atoms with Crippen LogP contribution in [0.1, 0.15) is 58.6 Å². The summed E-state index contributed by atoms with van der Waals surface area (Å²) in [7, 11) is 0. The normalized spacial score (nSPS) is 24.0. The Kier molecular flexibility index (Phi) is 4.31. The number of carbonyl (C=O) groups is 1. The maximum absolute atomic E-state index is 13.7. The molecule has 2 bridgehead atoms. The van der Waals surface area contributed by atoms with Crippen LogP contribution in [-0.4, -0.2) is 5.91 Å². The predicted molar refractivity (Wildman–Crippen MR) is 118 cm³/mol. The molecule has 3 aromatic carbocycles. The number of aryl methyl sites for hydroxylation is 1. The topological polar surface area (TPSA) is 29.1 Å². The fourth-order valence-electron chi connectivity index (χ4n) is 5.73. The average molecular weight is 382 g/mol. The maximum atomic E-state index is 13.7. The molecule has 1 N–H and O–H groups in total. The highest BCUT2D eigenvalue weighted by Crippen LogP contribution is 2.59. The summed E-state index contributed by atoms with van der Waals surface area (Å²) in [6, 6.07) is 23.6. The van der Waals surface area contributed by atoms with Gasteiger partial charge in [-0.15, -0.1) is 0 Å². The molecule has 0 heterocycles. The van der Waals surface area contributed by atoms with E-state index in [1.54, 1.807) is 0 Å². The zero-order valence-electron chi connectivity index (χ0n) is 17.3. The van der Waals surface area contributed by atoms with Gasteiger partial charge < -0.3 is 5.32 Å². The van der Waals surface area contributed by atoms with Gasteiger partial charge in [-0.05, 0) is 59.2 Å². The summed E-state index contributed by atoms with van der Waals surface area (Å²) >= 11 is 0. The Morgan fingerprint density at radius 3 is 1.90 bits per heavy atom. The van der Waals surface area contributed by atoms with E-state index in [9.17, 15) is 4.79 Å². The standard InChI is InChI=1S/C27H27NO/c1-4-18-24-19-11-5-7-13-21(19)25(22-14-8-6-12-20(22)24)26(18)27(29)28-23-15-9-10-16(2)17(23)3/h5-15,18,24-26H,4H2,1-3H3,(H,28,29)/t18-,24?,25?,26+/m1/s1. The van der Waals surface area contributed by atoms with Crippen molar-refractivity contribution in [1.29, 1.82) is 0 Å². The fourth-order valence-corrected chi connectivity index (χ4v) is 5.73. The molecule has 6 rings (SSSR count). The number of nitrogens with one attached hydrogen (secondary N) is 1. The molecule has 2 atom stereocenters. The Hall–Kier alpha value is -2.87. The number of rotatable bonds is 3. The minimum absolute atomic E-state index is 0.0466. The van der Waals surface area contributed by atoms with Crippen LogP contribution < -0.4 is 5.32 Å². The average Bonchev–Trinajstić information content (AvgIpc) is 2.76. The second kappa shape index (κ2) is 6.88. The van der Waals surface area contributed by atoms with Crippen molar-refractivity contribution in [2.45, 2.75) is 39.0 Å². The van der Waals surface area contributed by atoms with Crippen LogP contribution in [0.5, 0.6) is 0 Å². The number of fused-ring (bicyclic) bond motifs is 1. The quantitative estimate of drug-likeness (QED) is 0.577. The van der Waals surface area contributed by atoms with Crippen molar-refractivity contribution in [3.05, 3.63) is 100 Å². The Morgan fingerprint density at radius 1 is 0.793 bits per heavy atom. The number of hydrogen-bond donors (Lipinski definition) is 1. The first-order valence-corrected chi connectivity index (χ1v) is 10.7. The van der Waals surface area contributed by atoms with Crippen LogP contribution in [0.4, 0.5) is 5.69 Å². The maximum Gasteiger partial charge on any atom is 0.228 e. The van der Waals surface area contributed by atoms with Crippen molar-refractivity contribution in [2.24, 2.45) is 11.8 Å². The third kappa shape index (κ3) is 2.66. The fraction of sp³-hybridized carbons (Fsp3) is 0.296. The van der Waals surface area contributed by atoms with Crippen molar-refractivity contribution >= 4 is 11.6 Å². The lowest BCUT2D eigenvalue weighted by atomic mass is 9.53. The van der Waals surface area contributed by atoms with Gasteiger partial charge in [-0.25, -0.2) is 0 Å². The number of amides is 1. The Morgan fingerprint density at radius 2 is 1.34 bits per heavy atom. The first kappa shape index (κ1) is 18.2. The molecule has 146 valence electrons. The van der Waals surface area contributed by atoms with Crippen LogP contribution in [0.15, 0.2) is 66.7 Å². The van der Waals surface area contributed by atoms with E-state index in [2.05, 4.69) is 80.7 Å². The van der Waals surface area contributed by atoms with Crippen LogP contribution in [0.25, 0.3) is 0 Å². The summed E-state index contributed by atoms with van der Waals surface area (Å²) < 4.78 is 0. The molecule has 0 unspecified atom stereocenters. The van der Waals surface area contributed by atoms with Gasteiger partial charge in [-0.1, -0.05) is 74.0 Å². The van der Waals surface area contributed by atoms with E-state index in [1.807, 2.05) is 12.1 Å². The third-order valence-corrected chi connectivity index (χ3v) is 7.22. The van der Waals surface area contributed by atoms with Crippen molar-refractivity contribution < 1.29 is 4.79 Å². The largest absolute Gasteiger partial charge is 0.326 e. The lowest BCUT2D eigenvalue weighted by Crippen LogP contribution is -2.45. The highest BCUT2D eigenvalue weighted by molar-refractivity contribution is 5.95. The molecule has 0 spiro atoms. The molecule has 0 aromatic heterocycles. The van der Waals surface area contributed by atoms with Crippen molar-refractivity contribution in [2.75, 3.05) is 5.32 Å². The Bertz CT molecular complexity index is 1050. The minimum atomic E-state index is -0.0466. The summed E-state index contributed by atoms with van der Waals surface area (Å²) in [5.41, 5.74) is 8.79. The summed E-state index contributed by atoms with van der Waals surface area (Å²) in [6.45, 7) is 6.41. The van der Waals surface area contributed by atoms with E-state index in [0.29, 0.717) is 11.8 Å². The van der Waals surface area contributed by atoms with E-state index < -0.39 is 0 Å². The van der Waals surface area contributed by atoms with Crippen LogP contribution in [-0.2, 0) is 4.79 Å². The number of hydrogen-bond acceptors (Lipinski definition) is 1. The van der Waals surface area contributed by atoms with Gasteiger partial charge in [0.05, 0.1) is 5.92 Å². The van der Waals surface area contributed by atoms with Crippen LogP contribution in [0.2, 0.25) is 0 Å². The molecule has 2 nitrogen and oxygen atoms in total. The molecule has 1 amide bonds. The Labute approximate surface area is 173 Å². The van der Waals surface area contributed by atoms with Gasteiger partial charge in [0.25, 0.3) is 0 Å². The van der Waals surface area contributed by atoms with Gasteiger partial charge in [0.15, 0.2) is 0 Å². The molecular formula is C27H27NO. The summed E-state index contributed by atoms with van der Waals surface area (Å²) in [5.74, 6) is 0.850. The van der Waals surface area contributed by atoms with Crippen LogP contribution in [0, 0.1) is 25.7 Å². The summed E-state index contributed by atoms with van der Waals surface area (Å²) in [5, 5.41) is 3.29. The summed E-state index contributed by atoms with van der Waals surface area (Å²) in [4.78, 5) is 13.7. The number of carbonyl (C=O) groups excluding carboxylic acids is 1. The van der Waals surface area contributed by atoms with Gasteiger partial charge in [-0.2, -0.15) is 0 Å². The Balaban J connectivity index is 1.62. The highest BCUT2D eigenvalue weighted by Gasteiger charge is 2.51. The number of anilines is 1. The first-order chi connectivity index (χ1) is 14.1.